The lowest BCUT2D eigenvalue weighted by Gasteiger charge is -2.20. The molecule has 7 heteroatoms. The Balaban J connectivity index is 1.97. The van der Waals surface area contributed by atoms with Gasteiger partial charge in [-0.05, 0) is 12.5 Å². The minimum absolute atomic E-state index is 0.161. The second-order valence-electron chi connectivity index (χ2n) is 6.10. The van der Waals surface area contributed by atoms with E-state index in [1.165, 1.54) is 12.0 Å². The monoisotopic (exact) mass is 334 g/mol. The lowest BCUT2D eigenvalue weighted by molar-refractivity contribution is -0.119. The predicted molar refractivity (Wildman–Crippen MR) is 87.5 cm³/mol. The molecule has 2 amide bonds. The summed E-state index contributed by atoms with van der Waals surface area (Å²) >= 11 is 0. The van der Waals surface area contributed by atoms with Crippen molar-refractivity contribution in [2.24, 2.45) is 0 Å². The largest absolute Gasteiger partial charge is 0.493 e. The Bertz CT molecular complexity index is 661. The van der Waals surface area contributed by atoms with Crippen molar-refractivity contribution in [1.29, 1.82) is 0 Å². The first-order valence-corrected chi connectivity index (χ1v) is 8.19. The number of carbonyl (C=O) groups excluding carboxylic acids is 2. The molecule has 2 aliphatic heterocycles. The maximum Gasteiger partial charge on any atom is 0.256 e. The van der Waals surface area contributed by atoms with E-state index in [2.05, 4.69) is 12.2 Å². The standard InChI is InChI=1S/C17H22N2O5/c1-3-4-5-24-15-7-11-12(8-14(15)23-2)18-16(21)13-6-10(20)9-19(13)17(11)22/h7-8,10,13,20H,3-6,9H2,1-2H3,(H,18,21)/t10-,13+/m1/s1. The van der Waals surface area contributed by atoms with Gasteiger partial charge in [-0.3, -0.25) is 9.59 Å². The molecule has 0 aliphatic carbocycles. The summed E-state index contributed by atoms with van der Waals surface area (Å²) in [7, 11) is 1.52. The Kier molecular flexibility index (Phi) is 4.62. The number of amides is 2. The van der Waals surface area contributed by atoms with E-state index in [0.717, 1.165) is 12.8 Å². The highest BCUT2D eigenvalue weighted by Gasteiger charge is 2.42. The van der Waals surface area contributed by atoms with Crippen LogP contribution in [0.4, 0.5) is 5.69 Å². The van der Waals surface area contributed by atoms with Crippen molar-refractivity contribution >= 4 is 17.5 Å². The maximum atomic E-state index is 12.8. The fourth-order valence-electron chi connectivity index (χ4n) is 3.10. The molecule has 0 saturated carbocycles. The zero-order valence-electron chi connectivity index (χ0n) is 13.9. The lowest BCUT2D eigenvalue weighted by Crippen LogP contribution is -2.40. The summed E-state index contributed by atoms with van der Waals surface area (Å²) in [6.07, 6.45) is 1.47. The molecule has 24 heavy (non-hydrogen) atoms. The minimum atomic E-state index is -0.676. The van der Waals surface area contributed by atoms with Crippen molar-refractivity contribution in [3.05, 3.63) is 17.7 Å². The molecule has 1 aromatic rings. The van der Waals surface area contributed by atoms with Gasteiger partial charge in [-0.2, -0.15) is 0 Å². The number of benzene rings is 1. The zero-order chi connectivity index (χ0) is 17.3. The number of carbonyl (C=O) groups is 2. The number of nitrogens with zero attached hydrogens (tertiary/aromatic N) is 1. The molecule has 0 bridgehead atoms. The first kappa shape index (κ1) is 16.6. The van der Waals surface area contributed by atoms with E-state index < -0.39 is 12.1 Å². The van der Waals surface area contributed by atoms with Crippen molar-refractivity contribution in [2.45, 2.75) is 38.3 Å². The van der Waals surface area contributed by atoms with E-state index in [1.54, 1.807) is 12.1 Å². The van der Waals surface area contributed by atoms with E-state index in [1.807, 2.05) is 0 Å². The summed E-state index contributed by atoms with van der Waals surface area (Å²) in [5.74, 6) is 0.374. The van der Waals surface area contributed by atoms with E-state index >= 15 is 0 Å². The summed E-state index contributed by atoms with van der Waals surface area (Å²) in [5.41, 5.74) is 0.765. The molecular weight excluding hydrogens is 312 g/mol. The third-order valence-corrected chi connectivity index (χ3v) is 4.39. The smallest absolute Gasteiger partial charge is 0.256 e. The van der Waals surface area contributed by atoms with Crippen molar-refractivity contribution in [3.63, 3.8) is 0 Å². The van der Waals surface area contributed by atoms with Gasteiger partial charge in [-0.1, -0.05) is 13.3 Å². The zero-order valence-corrected chi connectivity index (χ0v) is 13.9. The van der Waals surface area contributed by atoms with Gasteiger partial charge in [-0.25, -0.2) is 0 Å². The first-order valence-electron chi connectivity index (χ1n) is 8.19. The molecule has 0 spiro atoms. The van der Waals surface area contributed by atoms with Crippen molar-refractivity contribution in [2.75, 3.05) is 25.6 Å². The summed E-state index contributed by atoms with van der Waals surface area (Å²) in [5, 5.41) is 12.6. The fraction of sp³-hybridized carbons (Fsp3) is 0.529. The van der Waals surface area contributed by atoms with Crippen LogP contribution in [0.2, 0.25) is 0 Å². The summed E-state index contributed by atoms with van der Waals surface area (Å²) < 4.78 is 11.0. The van der Waals surface area contributed by atoms with Crippen molar-refractivity contribution in [3.8, 4) is 11.5 Å². The molecule has 2 aliphatic rings. The van der Waals surface area contributed by atoms with Gasteiger partial charge in [-0.15, -0.1) is 0 Å². The van der Waals surface area contributed by atoms with Crippen molar-refractivity contribution < 1.29 is 24.2 Å². The van der Waals surface area contributed by atoms with Gasteiger partial charge in [0.2, 0.25) is 5.91 Å². The van der Waals surface area contributed by atoms with Gasteiger partial charge in [0.1, 0.15) is 6.04 Å². The molecule has 2 heterocycles. The summed E-state index contributed by atoms with van der Waals surface area (Å²) in [4.78, 5) is 26.6. The van der Waals surface area contributed by atoms with Crippen LogP contribution in [-0.2, 0) is 4.79 Å². The number of ether oxygens (including phenoxy) is 2. The number of aliphatic hydroxyl groups excluding tert-OH is 1. The molecule has 0 unspecified atom stereocenters. The topological polar surface area (TPSA) is 88.1 Å². The SMILES string of the molecule is CCCCOc1cc2c(cc1OC)NC(=O)[C@@H]1C[C@@H](O)CN1C2=O. The number of anilines is 1. The van der Waals surface area contributed by atoms with Crippen LogP contribution in [0.15, 0.2) is 12.1 Å². The highest BCUT2D eigenvalue weighted by molar-refractivity contribution is 6.10. The number of rotatable bonds is 5. The van der Waals surface area contributed by atoms with Gasteiger partial charge in [0.15, 0.2) is 11.5 Å². The first-order chi connectivity index (χ1) is 11.5. The minimum Gasteiger partial charge on any atom is -0.493 e. The molecule has 1 aromatic carbocycles. The number of unbranched alkanes of at least 4 members (excludes halogenated alkanes) is 1. The van der Waals surface area contributed by atoms with Crippen LogP contribution in [0.5, 0.6) is 11.5 Å². The number of fused-ring (bicyclic) bond motifs is 2. The number of nitrogens with one attached hydrogen (secondary N) is 1. The Morgan fingerprint density at radius 2 is 2.12 bits per heavy atom. The third kappa shape index (κ3) is 2.91. The molecule has 2 N–H and O–H groups in total. The second-order valence-corrected chi connectivity index (χ2v) is 6.10. The second kappa shape index (κ2) is 6.68. The Morgan fingerprint density at radius 1 is 1.33 bits per heavy atom. The molecule has 1 saturated heterocycles. The molecule has 3 rings (SSSR count). The molecule has 0 aromatic heterocycles. The highest BCUT2D eigenvalue weighted by Crippen LogP contribution is 2.37. The Labute approximate surface area is 140 Å². The number of hydrogen-bond donors (Lipinski definition) is 2. The average Bonchev–Trinajstić information content (AvgIpc) is 2.93. The number of methoxy groups -OCH3 is 1. The maximum absolute atomic E-state index is 12.8. The van der Waals surface area contributed by atoms with Gasteiger partial charge in [0.05, 0.1) is 31.1 Å². The number of hydrogen-bond acceptors (Lipinski definition) is 5. The third-order valence-electron chi connectivity index (χ3n) is 4.39. The van der Waals surface area contributed by atoms with Crippen LogP contribution in [0, 0.1) is 0 Å². The van der Waals surface area contributed by atoms with Crippen LogP contribution in [0.3, 0.4) is 0 Å². The number of aliphatic hydroxyl groups is 1. The van der Waals surface area contributed by atoms with Crippen molar-refractivity contribution in [1.82, 2.24) is 4.90 Å². The van der Waals surface area contributed by atoms with Crippen LogP contribution in [-0.4, -0.2) is 54.2 Å². The highest BCUT2D eigenvalue weighted by atomic mass is 16.5. The predicted octanol–water partition coefficient (Wildman–Crippen LogP) is 1.40. The van der Waals surface area contributed by atoms with Crippen LogP contribution >= 0.6 is 0 Å². The Morgan fingerprint density at radius 3 is 2.83 bits per heavy atom. The van der Waals surface area contributed by atoms with Gasteiger partial charge >= 0.3 is 0 Å². The molecule has 130 valence electrons. The molecular formula is C17H22N2O5. The summed E-state index contributed by atoms with van der Waals surface area (Å²) in [6.45, 7) is 2.75. The Hall–Kier alpha value is -2.28. The molecule has 1 fully saturated rings. The lowest BCUT2D eigenvalue weighted by atomic mass is 10.1. The van der Waals surface area contributed by atoms with Crippen LogP contribution in [0.1, 0.15) is 36.5 Å². The van der Waals surface area contributed by atoms with Gasteiger partial charge in [0, 0.05) is 19.0 Å². The van der Waals surface area contributed by atoms with E-state index in [4.69, 9.17) is 9.47 Å². The summed E-state index contributed by atoms with van der Waals surface area (Å²) in [6, 6.07) is 2.58. The van der Waals surface area contributed by atoms with E-state index in [0.29, 0.717) is 29.4 Å². The quantitative estimate of drug-likeness (QED) is 0.795. The van der Waals surface area contributed by atoms with Crippen LogP contribution in [0.25, 0.3) is 0 Å². The fourth-order valence-corrected chi connectivity index (χ4v) is 3.10. The van der Waals surface area contributed by atoms with Crippen LogP contribution < -0.4 is 14.8 Å². The normalized spacial score (nSPS) is 22.5. The molecule has 7 nitrogen and oxygen atoms in total. The van der Waals surface area contributed by atoms with E-state index in [-0.39, 0.29) is 24.8 Å². The molecule has 2 atom stereocenters. The van der Waals surface area contributed by atoms with Gasteiger partial charge in [0.25, 0.3) is 5.91 Å². The van der Waals surface area contributed by atoms with Gasteiger partial charge < -0.3 is 24.8 Å². The molecule has 0 radical (unpaired) electrons. The average molecular weight is 334 g/mol. The van der Waals surface area contributed by atoms with E-state index in [9.17, 15) is 14.7 Å².